The number of piperazine rings is 1. The van der Waals surface area contributed by atoms with Gasteiger partial charge in [0.25, 0.3) is 0 Å². The Morgan fingerprint density at radius 2 is 1.75 bits per heavy atom. The van der Waals surface area contributed by atoms with E-state index in [9.17, 15) is 9.59 Å². The van der Waals surface area contributed by atoms with E-state index in [2.05, 4.69) is 27.4 Å². The van der Waals surface area contributed by atoms with Crippen LogP contribution in [0, 0.1) is 0 Å². The molecule has 8 nitrogen and oxygen atoms in total. The van der Waals surface area contributed by atoms with Crippen LogP contribution in [0.5, 0.6) is 5.75 Å². The summed E-state index contributed by atoms with van der Waals surface area (Å²) in [6.07, 6.45) is 1.21. The summed E-state index contributed by atoms with van der Waals surface area (Å²) in [4.78, 5) is 30.2. The Hall–Kier alpha value is -2.58. The summed E-state index contributed by atoms with van der Waals surface area (Å²) >= 11 is 0. The monoisotopic (exact) mass is 444 g/mol. The summed E-state index contributed by atoms with van der Waals surface area (Å²) < 4.78 is 11.1. The van der Waals surface area contributed by atoms with Gasteiger partial charge in [0.15, 0.2) is 0 Å². The number of urea groups is 1. The number of amides is 2. The van der Waals surface area contributed by atoms with Gasteiger partial charge in [-0.3, -0.25) is 4.90 Å². The third kappa shape index (κ3) is 6.23. The molecule has 3 rings (SSSR count). The predicted molar refractivity (Wildman–Crippen MR) is 123 cm³/mol. The van der Waals surface area contributed by atoms with E-state index in [-0.39, 0.29) is 18.7 Å². The molecule has 2 aliphatic heterocycles. The van der Waals surface area contributed by atoms with Crippen LogP contribution in [-0.2, 0) is 9.53 Å². The largest absolute Gasteiger partial charge is 0.491 e. The van der Waals surface area contributed by atoms with Crippen molar-refractivity contribution in [1.82, 2.24) is 20.4 Å². The molecular formula is C24H36N4O4. The number of hydrogen-bond acceptors (Lipinski definition) is 6. The lowest BCUT2D eigenvalue weighted by molar-refractivity contribution is -0.139. The van der Waals surface area contributed by atoms with Crippen molar-refractivity contribution in [3.05, 3.63) is 41.1 Å². The van der Waals surface area contributed by atoms with Gasteiger partial charge >= 0.3 is 12.0 Å². The number of hydrogen-bond donors (Lipinski definition) is 2. The minimum atomic E-state index is -0.577. The minimum Gasteiger partial charge on any atom is -0.491 e. The molecule has 2 amide bonds. The van der Waals surface area contributed by atoms with Crippen LogP contribution >= 0.6 is 0 Å². The van der Waals surface area contributed by atoms with Gasteiger partial charge in [-0.1, -0.05) is 19.1 Å². The highest BCUT2D eigenvalue weighted by Crippen LogP contribution is 2.29. The molecule has 2 N–H and O–H groups in total. The van der Waals surface area contributed by atoms with Crippen LogP contribution in [-0.4, -0.2) is 73.8 Å². The molecule has 1 fully saturated rings. The highest BCUT2D eigenvalue weighted by Gasteiger charge is 2.34. The third-order valence-corrected chi connectivity index (χ3v) is 5.62. The van der Waals surface area contributed by atoms with Crippen LogP contribution in [0.1, 0.15) is 45.7 Å². The van der Waals surface area contributed by atoms with E-state index < -0.39 is 12.0 Å². The van der Waals surface area contributed by atoms with E-state index in [1.165, 1.54) is 0 Å². The van der Waals surface area contributed by atoms with Gasteiger partial charge in [0.05, 0.1) is 24.3 Å². The molecule has 8 heteroatoms. The first-order valence-corrected chi connectivity index (χ1v) is 11.6. The van der Waals surface area contributed by atoms with E-state index in [1.54, 1.807) is 6.92 Å². The molecule has 0 aliphatic carbocycles. The predicted octanol–water partition coefficient (Wildman–Crippen LogP) is 2.67. The van der Waals surface area contributed by atoms with Crippen molar-refractivity contribution in [2.75, 3.05) is 45.9 Å². The first kappa shape index (κ1) is 24.1. The lowest BCUT2D eigenvalue weighted by Crippen LogP contribution is -2.51. The molecule has 32 heavy (non-hydrogen) atoms. The molecule has 0 radical (unpaired) electrons. The topological polar surface area (TPSA) is 83.1 Å². The van der Waals surface area contributed by atoms with Crippen LogP contribution in [0.25, 0.3) is 0 Å². The molecule has 0 bridgehead atoms. The molecule has 0 spiro atoms. The molecule has 176 valence electrons. The summed E-state index contributed by atoms with van der Waals surface area (Å²) in [7, 11) is 0. The number of nitrogens with zero attached hydrogens (tertiary/aromatic N) is 2. The first-order chi connectivity index (χ1) is 15.4. The van der Waals surface area contributed by atoms with Crippen LogP contribution in [0.15, 0.2) is 35.5 Å². The van der Waals surface area contributed by atoms with E-state index in [0.29, 0.717) is 17.8 Å². The molecule has 1 aromatic rings. The van der Waals surface area contributed by atoms with Gasteiger partial charge in [-0.2, -0.15) is 0 Å². The Morgan fingerprint density at radius 3 is 2.34 bits per heavy atom. The number of carbonyl (C=O) groups is 2. The average molecular weight is 445 g/mol. The summed E-state index contributed by atoms with van der Waals surface area (Å²) in [6.45, 7) is 13.6. The van der Waals surface area contributed by atoms with E-state index in [0.717, 1.165) is 50.5 Å². The van der Waals surface area contributed by atoms with Gasteiger partial charge in [-0.15, -0.1) is 0 Å². The van der Waals surface area contributed by atoms with E-state index >= 15 is 0 Å². The molecule has 0 unspecified atom stereocenters. The molecule has 1 aromatic carbocycles. The van der Waals surface area contributed by atoms with Crippen molar-refractivity contribution < 1.29 is 19.1 Å². The van der Waals surface area contributed by atoms with Crippen LogP contribution in [0.4, 0.5) is 4.79 Å². The molecule has 0 aromatic heterocycles. The van der Waals surface area contributed by atoms with Crippen molar-refractivity contribution in [2.24, 2.45) is 0 Å². The fraction of sp³-hybridized carbons (Fsp3) is 0.583. The SMILES string of the molecule is CCCN1CCN(CC2=C(C(=O)OCC)[C@H](c3ccc(OC(C)C)cc3)NC(=O)N2)CC1. The zero-order valence-corrected chi connectivity index (χ0v) is 19.6. The Kier molecular flexibility index (Phi) is 8.53. The van der Waals surface area contributed by atoms with Crippen molar-refractivity contribution in [3.63, 3.8) is 0 Å². The van der Waals surface area contributed by atoms with Crippen molar-refractivity contribution in [2.45, 2.75) is 46.3 Å². The Bertz CT molecular complexity index is 814. The molecular weight excluding hydrogens is 408 g/mol. The lowest BCUT2D eigenvalue weighted by atomic mass is 9.94. The smallest absolute Gasteiger partial charge is 0.338 e. The van der Waals surface area contributed by atoms with E-state index in [4.69, 9.17) is 9.47 Å². The Labute approximate surface area is 190 Å². The Balaban J connectivity index is 1.85. The fourth-order valence-electron chi connectivity index (χ4n) is 4.16. The zero-order chi connectivity index (χ0) is 23.1. The number of benzene rings is 1. The zero-order valence-electron chi connectivity index (χ0n) is 19.6. The number of nitrogens with one attached hydrogen (secondary N) is 2. The number of carbonyl (C=O) groups excluding carboxylic acids is 2. The summed E-state index contributed by atoms with van der Waals surface area (Å²) in [5.41, 5.74) is 1.88. The van der Waals surface area contributed by atoms with Crippen LogP contribution in [0.3, 0.4) is 0 Å². The Morgan fingerprint density at radius 1 is 1.09 bits per heavy atom. The van der Waals surface area contributed by atoms with Gasteiger partial charge in [-0.25, -0.2) is 9.59 Å². The van der Waals surface area contributed by atoms with Crippen LogP contribution in [0.2, 0.25) is 0 Å². The summed E-state index contributed by atoms with van der Waals surface area (Å²) in [5, 5.41) is 5.77. The fourth-order valence-corrected chi connectivity index (χ4v) is 4.16. The van der Waals surface area contributed by atoms with Crippen molar-refractivity contribution in [3.8, 4) is 5.75 Å². The number of esters is 1. The third-order valence-electron chi connectivity index (χ3n) is 5.62. The van der Waals surface area contributed by atoms with Crippen LogP contribution < -0.4 is 15.4 Å². The maximum absolute atomic E-state index is 13.0. The van der Waals surface area contributed by atoms with Gasteiger partial charge in [0.1, 0.15) is 5.75 Å². The highest BCUT2D eigenvalue weighted by atomic mass is 16.5. The molecule has 0 saturated carbocycles. The highest BCUT2D eigenvalue weighted by molar-refractivity contribution is 5.95. The maximum atomic E-state index is 13.0. The van der Waals surface area contributed by atoms with Crippen molar-refractivity contribution in [1.29, 1.82) is 0 Å². The summed E-state index contributed by atoms with van der Waals surface area (Å²) in [5.74, 6) is 0.336. The second kappa shape index (κ2) is 11.3. The van der Waals surface area contributed by atoms with E-state index in [1.807, 2.05) is 38.1 Å². The number of ether oxygens (including phenoxy) is 2. The molecule has 2 aliphatic rings. The second-order valence-corrected chi connectivity index (χ2v) is 8.50. The average Bonchev–Trinajstić information content (AvgIpc) is 2.75. The summed E-state index contributed by atoms with van der Waals surface area (Å²) in [6, 6.07) is 6.60. The number of rotatable bonds is 9. The standard InChI is InChI=1S/C24H36N4O4/c1-5-11-27-12-14-28(15-13-27)16-20-21(23(29)31-6-2)22(26-24(30)25-20)18-7-9-19(10-8-18)32-17(3)4/h7-10,17,22H,5-6,11-16H2,1-4H3,(H2,25,26,30)/t22-/m0/s1. The molecule has 1 atom stereocenters. The maximum Gasteiger partial charge on any atom is 0.338 e. The van der Waals surface area contributed by atoms with Gasteiger partial charge in [0, 0.05) is 38.4 Å². The normalized spacial score (nSPS) is 20.2. The molecule has 1 saturated heterocycles. The van der Waals surface area contributed by atoms with Gasteiger partial charge in [-0.05, 0) is 51.4 Å². The molecule has 2 heterocycles. The quantitative estimate of drug-likeness (QED) is 0.570. The lowest BCUT2D eigenvalue weighted by Gasteiger charge is -2.37. The van der Waals surface area contributed by atoms with Crippen molar-refractivity contribution >= 4 is 12.0 Å². The first-order valence-electron chi connectivity index (χ1n) is 11.6. The van der Waals surface area contributed by atoms with Gasteiger partial charge in [0.2, 0.25) is 0 Å². The second-order valence-electron chi connectivity index (χ2n) is 8.50. The minimum absolute atomic E-state index is 0.0684. The van der Waals surface area contributed by atoms with Gasteiger partial charge < -0.3 is 25.0 Å².